The lowest BCUT2D eigenvalue weighted by Crippen LogP contribution is -1.82. The van der Waals surface area contributed by atoms with Gasteiger partial charge in [0.1, 0.15) is 0 Å². The van der Waals surface area contributed by atoms with E-state index in [2.05, 4.69) is 81.9 Å². The van der Waals surface area contributed by atoms with Gasteiger partial charge in [-0.25, -0.2) is 0 Å². The van der Waals surface area contributed by atoms with Crippen LogP contribution in [-0.2, 0) is 0 Å². The molecule has 0 fully saturated rings. The highest BCUT2D eigenvalue weighted by Crippen LogP contribution is 2.38. The van der Waals surface area contributed by atoms with Crippen molar-refractivity contribution in [2.75, 3.05) is 0 Å². The Kier molecular flexibility index (Phi) is 4.27. The van der Waals surface area contributed by atoms with Gasteiger partial charge in [-0.3, -0.25) is 0 Å². The normalized spacial score (nSPS) is 10.5. The van der Waals surface area contributed by atoms with Crippen LogP contribution < -0.4 is 0 Å². The summed E-state index contributed by atoms with van der Waals surface area (Å²) in [5.74, 6) is 0. The van der Waals surface area contributed by atoms with E-state index in [0.717, 1.165) is 23.5 Å². The van der Waals surface area contributed by atoms with E-state index in [4.69, 9.17) is 0 Å². The first kappa shape index (κ1) is 12.8. The largest absolute Gasteiger partial charge is 0.0605 e. The smallest absolute Gasteiger partial charge is 0.0465 e. The first-order valence-corrected chi connectivity index (χ1v) is 7.66. The molecule has 0 amide bonds. The molecule has 0 saturated heterocycles. The molecule has 0 spiro atoms. The molecule has 0 bridgehead atoms. The van der Waals surface area contributed by atoms with Crippen LogP contribution in [-0.4, -0.2) is 0 Å². The van der Waals surface area contributed by atoms with Crippen LogP contribution in [0, 0.1) is 0 Å². The number of hydrogen-bond donors (Lipinski definition) is 0. The van der Waals surface area contributed by atoms with Crippen molar-refractivity contribution in [1.29, 1.82) is 0 Å². The topological polar surface area (TPSA) is 0 Å². The summed E-state index contributed by atoms with van der Waals surface area (Å²) in [6.45, 7) is 0. The van der Waals surface area contributed by atoms with Crippen molar-refractivity contribution in [2.24, 2.45) is 0 Å². The van der Waals surface area contributed by atoms with E-state index in [1.165, 1.54) is 5.56 Å². The Morgan fingerprint density at radius 2 is 1.50 bits per heavy atom. The SMILES string of the molecule is Brc1cccc(-c2ccc(Br)c(Br)c2Br)c1. The summed E-state index contributed by atoms with van der Waals surface area (Å²) in [5.41, 5.74) is 2.34. The number of rotatable bonds is 1. The minimum atomic E-state index is 1.03. The monoisotopic (exact) mass is 466 g/mol. The Bertz CT molecular complexity index is 535. The average Bonchev–Trinajstić information content (AvgIpc) is 2.26. The maximum Gasteiger partial charge on any atom is 0.0465 e. The first-order chi connectivity index (χ1) is 7.59. The highest BCUT2D eigenvalue weighted by atomic mass is 79.9. The van der Waals surface area contributed by atoms with Gasteiger partial charge in [0.25, 0.3) is 0 Å². The van der Waals surface area contributed by atoms with E-state index in [1.54, 1.807) is 0 Å². The zero-order valence-electron chi connectivity index (χ0n) is 7.98. The van der Waals surface area contributed by atoms with Gasteiger partial charge in [-0.1, -0.05) is 34.1 Å². The molecule has 0 aliphatic heterocycles. The van der Waals surface area contributed by atoms with Crippen LogP contribution in [0.3, 0.4) is 0 Å². The van der Waals surface area contributed by atoms with E-state index >= 15 is 0 Å². The van der Waals surface area contributed by atoms with Crippen LogP contribution >= 0.6 is 63.7 Å². The van der Waals surface area contributed by atoms with Crippen LogP contribution in [0.25, 0.3) is 11.1 Å². The third-order valence-corrected chi connectivity index (χ3v) is 6.04. The van der Waals surface area contributed by atoms with Gasteiger partial charge >= 0.3 is 0 Å². The molecule has 0 heterocycles. The fourth-order valence-electron chi connectivity index (χ4n) is 1.40. The zero-order valence-corrected chi connectivity index (χ0v) is 14.3. The molecule has 16 heavy (non-hydrogen) atoms. The van der Waals surface area contributed by atoms with Crippen molar-refractivity contribution < 1.29 is 0 Å². The van der Waals surface area contributed by atoms with Crippen molar-refractivity contribution in [2.45, 2.75) is 0 Å². The molecule has 0 nitrogen and oxygen atoms in total. The second-order valence-corrected chi connectivity index (χ2v) is 6.59. The van der Waals surface area contributed by atoms with Crippen molar-refractivity contribution >= 4 is 63.7 Å². The second kappa shape index (κ2) is 5.34. The van der Waals surface area contributed by atoms with Crippen molar-refractivity contribution in [3.05, 3.63) is 54.3 Å². The Morgan fingerprint density at radius 3 is 2.19 bits per heavy atom. The lowest BCUT2D eigenvalue weighted by molar-refractivity contribution is 1.50. The zero-order chi connectivity index (χ0) is 11.7. The fourth-order valence-corrected chi connectivity index (χ4v) is 3.32. The highest BCUT2D eigenvalue weighted by Gasteiger charge is 2.09. The molecule has 2 aromatic rings. The van der Waals surface area contributed by atoms with Gasteiger partial charge in [0.2, 0.25) is 0 Å². The predicted octanol–water partition coefficient (Wildman–Crippen LogP) is 6.40. The quantitative estimate of drug-likeness (QED) is 0.424. The standard InChI is InChI=1S/C12H6Br4/c13-8-3-1-2-7(6-8)9-4-5-10(14)12(16)11(9)15/h1-6H. The van der Waals surface area contributed by atoms with Crippen molar-refractivity contribution in [3.63, 3.8) is 0 Å². The summed E-state index contributed by atoms with van der Waals surface area (Å²) >= 11 is 14.1. The Hall–Kier alpha value is 0.360. The van der Waals surface area contributed by atoms with Crippen molar-refractivity contribution in [3.8, 4) is 11.1 Å². The fraction of sp³-hybridized carbons (Fsp3) is 0. The molecule has 2 aromatic carbocycles. The molecule has 0 N–H and O–H groups in total. The minimum Gasteiger partial charge on any atom is -0.0605 e. The maximum absolute atomic E-state index is 3.60. The van der Waals surface area contributed by atoms with Gasteiger partial charge in [-0.15, -0.1) is 0 Å². The molecule has 4 heteroatoms. The molecule has 0 unspecified atom stereocenters. The van der Waals surface area contributed by atoms with E-state index in [0.29, 0.717) is 0 Å². The van der Waals surface area contributed by atoms with Crippen LogP contribution in [0.4, 0.5) is 0 Å². The summed E-state index contributed by atoms with van der Waals surface area (Å²) in [7, 11) is 0. The van der Waals surface area contributed by atoms with E-state index in [-0.39, 0.29) is 0 Å². The summed E-state index contributed by atoms with van der Waals surface area (Å²) in [5, 5.41) is 0. The number of benzene rings is 2. The summed E-state index contributed by atoms with van der Waals surface area (Å²) in [4.78, 5) is 0. The van der Waals surface area contributed by atoms with E-state index < -0.39 is 0 Å². The van der Waals surface area contributed by atoms with Gasteiger partial charge in [0.15, 0.2) is 0 Å². The predicted molar refractivity (Wildman–Crippen MR) is 82.7 cm³/mol. The number of hydrogen-bond acceptors (Lipinski definition) is 0. The third-order valence-electron chi connectivity index (χ3n) is 2.17. The van der Waals surface area contributed by atoms with Gasteiger partial charge < -0.3 is 0 Å². The lowest BCUT2D eigenvalue weighted by atomic mass is 10.1. The maximum atomic E-state index is 3.60. The Balaban J connectivity index is 2.61. The molecule has 0 atom stereocenters. The molecule has 0 aromatic heterocycles. The Morgan fingerprint density at radius 1 is 0.750 bits per heavy atom. The van der Waals surface area contributed by atoms with Crippen LogP contribution in [0.5, 0.6) is 0 Å². The first-order valence-electron chi connectivity index (χ1n) is 4.49. The molecular formula is C12H6Br4. The van der Waals surface area contributed by atoms with E-state index in [1.807, 2.05) is 18.2 Å². The molecule has 0 aliphatic carbocycles. The summed E-state index contributed by atoms with van der Waals surface area (Å²) in [6, 6.07) is 12.4. The van der Waals surface area contributed by atoms with E-state index in [9.17, 15) is 0 Å². The second-order valence-electron chi connectivity index (χ2n) is 3.23. The average molecular weight is 470 g/mol. The molecule has 0 aliphatic rings. The highest BCUT2D eigenvalue weighted by molar-refractivity contribution is 9.14. The molecule has 0 radical (unpaired) electrons. The summed E-state index contributed by atoms with van der Waals surface area (Å²) in [6.07, 6.45) is 0. The van der Waals surface area contributed by atoms with Crippen LogP contribution in [0.1, 0.15) is 0 Å². The molecule has 0 saturated carbocycles. The number of halogens is 4. The van der Waals surface area contributed by atoms with Gasteiger partial charge in [-0.05, 0) is 77.1 Å². The lowest BCUT2D eigenvalue weighted by Gasteiger charge is -2.08. The van der Waals surface area contributed by atoms with Gasteiger partial charge in [0.05, 0.1) is 0 Å². The van der Waals surface area contributed by atoms with Gasteiger partial charge in [-0.2, -0.15) is 0 Å². The van der Waals surface area contributed by atoms with Crippen LogP contribution in [0.2, 0.25) is 0 Å². The molecule has 82 valence electrons. The third kappa shape index (κ3) is 2.61. The van der Waals surface area contributed by atoms with Gasteiger partial charge in [0, 0.05) is 17.9 Å². The molecule has 2 rings (SSSR count). The van der Waals surface area contributed by atoms with Crippen LogP contribution in [0.15, 0.2) is 54.3 Å². The Labute approximate surface area is 128 Å². The van der Waals surface area contributed by atoms with Crippen molar-refractivity contribution in [1.82, 2.24) is 0 Å². The molecular weight excluding hydrogens is 464 g/mol. The minimum absolute atomic E-state index is 1.03. The summed E-state index contributed by atoms with van der Waals surface area (Å²) < 4.78 is 4.21.